The average Bonchev–Trinajstić information content (AvgIpc) is 2.39. The number of nitrogens with zero attached hydrogens (tertiary/aromatic N) is 2. The van der Waals surface area contributed by atoms with Crippen molar-refractivity contribution in [3.8, 4) is 0 Å². The number of nitrogen functional groups attached to an aromatic ring is 1. The molecule has 1 aromatic heterocycles. The number of hydrogen-bond acceptors (Lipinski definition) is 4. The minimum atomic E-state index is -0.459. The summed E-state index contributed by atoms with van der Waals surface area (Å²) in [6.45, 7) is 0.936. The van der Waals surface area contributed by atoms with Gasteiger partial charge in [-0.15, -0.1) is 0 Å². The number of nitrogens with two attached hydrogens (primary N) is 2. The highest BCUT2D eigenvalue weighted by molar-refractivity contribution is 5.99. The third kappa shape index (κ3) is 3.36. The zero-order valence-electron chi connectivity index (χ0n) is 11.4. The van der Waals surface area contributed by atoms with Crippen LogP contribution in [-0.4, -0.2) is 24.5 Å². The lowest BCUT2D eigenvalue weighted by Gasteiger charge is -2.29. The van der Waals surface area contributed by atoms with E-state index in [0.717, 1.165) is 12.2 Å². The molecule has 1 aromatic rings. The van der Waals surface area contributed by atoms with Crippen molar-refractivity contribution in [3.05, 3.63) is 17.8 Å². The number of hydrogen-bond donors (Lipinski definition) is 2. The largest absolute Gasteiger partial charge is 0.384 e. The zero-order valence-corrected chi connectivity index (χ0v) is 11.4. The monoisotopic (exact) mass is 262 g/mol. The molecule has 5 heteroatoms. The van der Waals surface area contributed by atoms with E-state index in [1.54, 1.807) is 12.3 Å². The maximum absolute atomic E-state index is 11.5. The molecule has 0 radical (unpaired) electrons. The van der Waals surface area contributed by atoms with E-state index in [-0.39, 0.29) is 0 Å². The second-order valence-electron chi connectivity index (χ2n) is 5.38. The average molecular weight is 262 g/mol. The molecule has 4 N–H and O–H groups in total. The van der Waals surface area contributed by atoms with Crippen LogP contribution in [0.5, 0.6) is 0 Å². The summed E-state index contributed by atoms with van der Waals surface area (Å²) < 4.78 is 0. The Kier molecular flexibility index (Phi) is 4.24. The second-order valence-corrected chi connectivity index (χ2v) is 5.38. The molecule has 0 spiro atoms. The summed E-state index contributed by atoms with van der Waals surface area (Å²) in [6.07, 6.45) is 8.12. The molecule has 1 heterocycles. The fraction of sp³-hybridized carbons (Fsp3) is 0.571. The van der Waals surface area contributed by atoms with Gasteiger partial charge in [0.1, 0.15) is 5.82 Å². The lowest BCUT2D eigenvalue weighted by atomic mass is 9.89. The normalized spacial score (nSPS) is 16.3. The van der Waals surface area contributed by atoms with Crippen molar-refractivity contribution in [2.24, 2.45) is 11.7 Å². The summed E-state index contributed by atoms with van der Waals surface area (Å²) >= 11 is 0. The highest BCUT2D eigenvalue weighted by atomic mass is 16.1. The van der Waals surface area contributed by atoms with Gasteiger partial charge in [-0.2, -0.15) is 0 Å². The van der Waals surface area contributed by atoms with Crippen LogP contribution in [0.3, 0.4) is 0 Å². The number of anilines is 2. The summed E-state index contributed by atoms with van der Waals surface area (Å²) in [5.41, 5.74) is 12.2. The quantitative estimate of drug-likeness (QED) is 0.866. The van der Waals surface area contributed by atoms with Crippen molar-refractivity contribution >= 4 is 17.4 Å². The van der Waals surface area contributed by atoms with E-state index in [2.05, 4.69) is 9.88 Å². The van der Waals surface area contributed by atoms with E-state index in [9.17, 15) is 4.79 Å². The standard InChI is InChI=1S/C14H22N4O/c1-18(9-10-5-3-2-4-6-10)12-8-17-13(15)7-11(12)14(16)19/h7-8,10H,2-6,9H2,1H3,(H2,15,17)(H2,16,19). The summed E-state index contributed by atoms with van der Waals surface area (Å²) in [5, 5.41) is 0. The van der Waals surface area contributed by atoms with Gasteiger partial charge in [0, 0.05) is 13.6 Å². The lowest BCUT2D eigenvalue weighted by Crippen LogP contribution is -2.29. The van der Waals surface area contributed by atoms with Crippen LogP contribution < -0.4 is 16.4 Å². The maximum Gasteiger partial charge on any atom is 0.251 e. The van der Waals surface area contributed by atoms with Crippen LogP contribution in [0.25, 0.3) is 0 Å². The molecule has 104 valence electrons. The van der Waals surface area contributed by atoms with Crippen LogP contribution in [0.2, 0.25) is 0 Å². The van der Waals surface area contributed by atoms with Crippen LogP contribution in [0, 0.1) is 5.92 Å². The molecule has 0 aliphatic heterocycles. The van der Waals surface area contributed by atoms with Gasteiger partial charge in [-0.25, -0.2) is 4.98 Å². The molecule has 1 aliphatic rings. The number of carbonyl (C=O) groups excluding carboxylic acids is 1. The van der Waals surface area contributed by atoms with Crippen molar-refractivity contribution in [3.63, 3.8) is 0 Å². The number of primary amides is 1. The molecule has 0 unspecified atom stereocenters. The third-order valence-electron chi connectivity index (χ3n) is 3.84. The van der Waals surface area contributed by atoms with Gasteiger partial charge < -0.3 is 16.4 Å². The Morgan fingerprint density at radius 1 is 1.42 bits per heavy atom. The first-order valence-electron chi connectivity index (χ1n) is 6.84. The number of aromatic nitrogens is 1. The first-order chi connectivity index (χ1) is 9.08. The number of pyridine rings is 1. The molecule has 19 heavy (non-hydrogen) atoms. The number of rotatable bonds is 4. The van der Waals surface area contributed by atoms with Gasteiger partial charge in [0.15, 0.2) is 0 Å². The first kappa shape index (κ1) is 13.6. The Morgan fingerprint density at radius 3 is 2.74 bits per heavy atom. The van der Waals surface area contributed by atoms with Gasteiger partial charge in [-0.1, -0.05) is 19.3 Å². The van der Waals surface area contributed by atoms with Crippen molar-refractivity contribution in [2.75, 3.05) is 24.2 Å². The van der Waals surface area contributed by atoms with Gasteiger partial charge in [0.2, 0.25) is 0 Å². The Labute approximate surface area is 114 Å². The maximum atomic E-state index is 11.5. The highest BCUT2D eigenvalue weighted by Gasteiger charge is 2.19. The van der Waals surface area contributed by atoms with E-state index in [1.807, 2.05) is 7.05 Å². The minimum absolute atomic E-state index is 0.323. The van der Waals surface area contributed by atoms with Crippen molar-refractivity contribution in [1.29, 1.82) is 0 Å². The SMILES string of the molecule is CN(CC1CCCCC1)c1cnc(N)cc1C(N)=O. The van der Waals surface area contributed by atoms with Gasteiger partial charge in [-0.05, 0) is 24.8 Å². The molecule has 0 bridgehead atoms. The van der Waals surface area contributed by atoms with Gasteiger partial charge >= 0.3 is 0 Å². The van der Waals surface area contributed by atoms with Gasteiger partial charge in [-0.3, -0.25) is 4.79 Å². The summed E-state index contributed by atoms with van der Waals surface area (Å²) in [7, 11) is 1.98. The van der Waals surface area contributed by atoms with Crippen molar-refractivity contribution in [1.82, 2.24) is 4.98 Å². The molecule has 1 fully saturated rings. The number of carbonyl (C=O) groups is 1. The Morgan fingerprint density at radius 2 is 2.11 bits per heavy atom. The predicted molar refractivity (Wildman–Crippen MR) is 77.0 cm³/mol. The fourth-order valence-corrected chi connectivity index (χ4v) is 2.82. The van der Waals surface area contributed by atoms with E-state index >= 15 is 0 Å². The molecule has 5 nitrogen and oxygen atoms in total. The van der Waals surface area contributed by atoms with Crippen LogP contribution in [0.15, 0.2) is 12.3 Å². The van der Waals surface area contributed by atoms with Crippen LogP contribution in [-0.2, 0) is 0 Å². The van der Waals surface area contributed by atoms with E-state index in [4.69, 9.17) is 11.5 Å². The molecule has 1 saturated carbocycles. The van der Waals surface area contributed by atoms with E-state index in [0.29, 0.717) is 17.3 Å². The van der Waals surface area contributed by atoms with Crippen LogP contribution in [0.4, 0.5) is 11.5 Å². The topological polar surface area (TPSA) is 85.2 Å². The molecular weight excluding hydrogens is 240 g/mol. The lowest BCUT2D eigenvalue weighted by molar-refractivity contribution is 0.100. The number of amides is 1. The van der Waals surface area contributed by atoms with Crippen molar-refractivity contribution in [2.45, 2.75) is 32.1 Å². The fourth-order valence-electron chi connectivity index (χ4n) is 2.82. The molecule has 2 rings (SSSR count). The van der Waals surface area contributed by atoms with Gasteiger partial charge in [0.05, 0.1) is 17.4 Å². The van der Waals surface area contributed by atoms with Crippen molar-refractivity contribution < 1.29 is 4.79 Å². The zero-order chi connectivity index (χ0) is 13.8. The van der Waals surface area contributed by atoms with E-state index < -0.39 is 5.91 Å². The predicted octanol–water partition coefficient (Wildman–Crippen LogP) is 1.78. The molecule has 0 aromatic carbocycles. The second kappa shape index (κ2) is 5.91. The molecular formula is C14H22N4O. The molecule has 0 atom stereocenters. The Hall–Kier alpha value is -1.78. The summed E-state index contributed by atoms with van der Waals surface area (Å²) in [4.78, 5) is 17.6. The van der Waals surface area contributed by atoms with Gasteiger partial charge in [0.25, 0.3) is 5.91 Å². The van der Waals surface area contributed by atoms with E-state index in [1.165, 1.54) is 32.1 Å². The summed E-state index contributed by atoms with van der Waals surface area (Å²) in [5.74, 6) is 0.556. The van der Waals surface area contributed by atoms with Crippen LogP contribution in [0.1, 0.15) is 42.5 Å². The third-order valence-corrected chi connectivity index (χ3v) is 3.84. The molecule has 1 amide bonds. The highest BCUT2D eigenvalue weighted by Crippen LogP contribution is 2.27. The van der Waals surface area contributed by atoms with Crippen LogP contribution >= 0.6 is 0 Å². The first-order valence-corrected chi connectivity index (χ1v) is 6.84. The summed E-state index contributed by atoms with van der Waals surface area (Å²) in [6, 6.07) is 1.55. The Bertz CT molecular complexity index is 455. The molecule has 0 saturated heterocycles. The Balaban J connectivity index is 2.13. The molecule has 1 aliphatic carbocycles. The smallest absolute Gasteiger partial charge is 0.251 e. The minimum Gasteiger partial charge on any atom is -0.384 e.